The van der Waals surface area contributed by atoms with Gasteiger partial charge in [0.2, 0.25) is 0 Å². The molecule has 0 atom stereocenters. The normalized spacial score (nSPS) is 9.83. The van der Waals surface area contributed by atoms with Crippen molar-refractivity contribution in [3.8, 4) is 0 Å². The molecule has 0 bridgehead atoms. The molecule has 0 saturated carbocycles. The molecule has 0 saturated heterocycles. The maximum absolute atomic E-state index is 5.86. The van der Waals surface area contributed by atoms with Crippen LogP contribution in [-0.4, -0.2) is 4.37 Å². The fourth-order valence-corrected chi connectivity index (χ4v) is 3.23. The lowest BCUT2D eigenvalue weighted by atomic mass is 10.2. The molecular weight excluding hydrogens is 233 g/mol. The van der Waals surface area contributed by atoms with Crippen molar-refractivity contribution in [1.29, 1.82) is 0 Å². The topological polar surface area (TPSA) is 12.9 Å². The van der Waals surface area contributed by atoms with Crippen LogP contribution in [0.2, 0.25) is 5.02 Å². The van der Waals surface area contributed by atoms with Crippen LogP contribution in [0, 0.1) is 6.92 Å². The first-order valence-corrected chi connectivity index (χ1v) is 5.61. The van der Waals surface area contributed by atoms with E-state index < -0.39 is 0 Å². The van der Waals surface area contributed by atoms with Gasteiger partial charge in [0.05, 0.1) is 0 Å². The fraction of sp³-hybridized carbons (Fsp3) is 0.143. The molecule has 1 aromatic carbocycles. The molecule has 64 valence electrons. The van der Waals surface area contributed by atoms with Gasteiger partial charge in [-0.3, -0.25) is 0 Å². The van der Waals surface area contributed by atoms with Crippen LogP contribution in [0.3, 0.4) is 0 Å². The summed E-state index contributed by atoms with van der Waals surface area (Å²) in [6.45, 7) is 2.03. The quantitative estimate of drug-likeness (QED) is 0.484. The highest BCUT2D eigenvalue weighted by atomic mass is 35.5. The Hall–Kier alpha value is 0.0400. The highest BCUT2D eigenvalue weighted by Crippen LogP contribution is 2.27. The maximum Gasteiger partial charge on any atom is 0.323 e. The molecular formula is C7H5Cl2NS2. The van der Waals surface area contributed by atoms with E-state index in [0.29, 0.717) is 0 Å². The number of rotatable bonds is 0. The van der Waals surface area contributed by atoms with Crippen molar-refractivity contribution in [2.75, 3.05) is 0 Å². The minimum absolute atomic E-state index is 0. The second-order valence-electron chi connectivity index (χ2n) is 2.32. The van der Waals surface area contributed by atoms with Crippen molar-refractivity contribution in [1.82, 2.24) is 4.37 Å². The van der Waals surface area contributed by atoms with Crippen LogP contribution in [0.1, 0.15) is 5.56 Å². The van der Waals surface area contributed by atoms with Gasteiger partial charge in [-0.25, -0.2) is 0 Å². The van der Waals surface area contributed by atoms with Gasteiger partial charge < -0.3 is 12.4 Å². The molecule has 2 aromatic rings. The highest BCUT2D eigenvalue weighted by molar-refractivity contribution is 7.69. The summed E-state index contributed by atoms with van der Waals surface area (Å²) in [5.74, 6) is 0. The lowest BCUT2D eigenvalue weighted by Gasteiger charge is -1.89. The number of nitrogens with zero attached hydrogens (tertiary/aromatic N) is 1. The number of fused-ring (bicyclic) bond motifs is 1. The molecule has 0 aliphatic heterocycles. The summed E-state index contributed by atoms with van der Waals surface area (Å²) in [5, 5.41) is 0.798. The van der Waals surface area contributed by atoms with Crippen LogP contribution in [0.25, 0.3) is 10.2 Å². The molecule has 0 spiro atoms. The van der Waals surface area contributed by atoms with Gasteiger partial charge >= 0.3 is 10.3 Å². The zero-order valence-corrected chi connectivity index (χ0v) is 9.32. The lowest BCUT2D eigenvalue weighted by molar-refractivity contribution is -0.00000206. The van der Waals surface area contributed by atoms with Gasteiger partial charge in [-0.15, -0.1) is 4.37 Å². The highest BCUT2D eigenvalue weighted by Gasteiger charge is 2.12. The second kappa shape index (κ2) is 3.83. The number of aromatic nitrogens is 1. The van der Waals surface area contributed by atoms with Crippen LogP contribution < -0.4 is 12.4 Å². The molecule has 12 heavy (non-hydrogen) atoms. The molecule has 0 amide bonds. The van der Waals surface area contributed by atoms with E-state index in [1.807, 2.05) is 19.1 Å². The summed E-state index contributed by atoms with van der Waals surface area (Å²) in [5.41, 5.74) is 2.24. The van der Waals surface area contributed by atoms with Gasteiger partial charge in [0.25, 0.3) is 15.2 Å². The predicted octanol–water partition coefficient (Wildman–Crippen LogP) is 0.605. The summed E-state index contributed by atoms with van der Waals surface area (Å²) in [6.07, 6.45) is 0. The van der Waals surface area contributed by atoms with Crippen LogP contribution in [0.15, 0.2) is 12.1 Å². The average molecular weight is 238 g/mol. The first kappa shape index (κ1) is 10.1. The second-order valence-corrected chi connectivity index (χ2v) is 4.64. The molecule has 0 aliphatic rings. The van der Waals surface area contributed by atoms with Gasteiger partial charge in [0.15, 0.2) is 5.52 Å². The fourth-order valence-electron chi connectivity index (χ4n) is 0.981. The molecule has 1 heterocycles. The average Bonchev–Trinajstić information content (AvgIpc) is 2.34. The third-order valence-corrected chi connectivity index (χ3v) is 3.51. The van der Waals surface area contributed by atoms with E-state index in [1.165, 1.54) is 15.2 Å². The number of hydrogen-bond donors (Lipinski definition) is 0. The zero-order valence-electron chi connectivity index (χ0n) is 6.17. The maximum atomic E-state index is 5.86. The van der Waals surface area contributed by atoms with Gasteiger partial charge in [-0.2, -0.15) is 0 Å². The van der Waals surface area contributed by atoms with Crippen LogP contribution in [0.5, 0.6) is 0 Å². The van der Waals surface area contributed by atoms with E-state index in [-0.39, 0.29) is 12.4 Å². The Bertz CT molecular complexity index is 399. The van der Waals surface area contributed by atoms with E-state index in [2.05, 4.69) is 4.37 Å². The Morgan fingerprint density at radius 1 is 1.50 bits per heavy atom. The van der Waals surface area contributed by atoms with E-state index >= 15 is 0 Å². The molecule has 0 N–H and O–H groups in total. The van der Waals surface area contributed by atoms with Crippen LogP contribution >= 0.6 is 32.5 Å². The zero-order chi connectivity index (χ0) is 7.84. The SMILES string of the molecule is Cc1cc(Cl)cc2[s+]snc12.[Cl-]. The molecule has 1 nitrogen and oxygen atoms in total. The standard InChI is InChI=1S/C7H5ClNS2.ClH/c1-4-2-5(8)3-6-7(4)9-11-10-6;/h2-3H,1H3;1H/q+1;/p-1. The van der Waals surface area contributed by atoms with Crippen molar-refractivity contribution in [2.24, 2.45) is 0 Å². The molecule has 5 heteroatoms. The summed E-state index contributed by atoms with van der Waals surface area (Å²) in [4.78, 5) is 0. The number of aryl methyl sites for hydroxylation is 1. The summed E-state index contributed by atoms with van der Waals surface area (Å²) in [6, 6.07) is 3.90. The molecule has 0 unspecified atom stereocenters. The minimum Gasteiger partial charge on any atom is -1.00 e. The Labute approximate surface area is 89.0 Å². The number of hydrogen-bond acceptors (Lipinski definition) is 2. The van der Waals surface area contributed by atoms with Crippen molar-refractivity contribution in [3.63, 3.8) is 0 Å². The third-order valence-electron chi connectivity index (χ3n) is 1.49. The van der Waals surface area contributed by atoms with Gasteiger partial charge in [0.1, 0.15) is 0 Å². The Kier molecular flexibility index (Phi) is 3.23. The van der Waals surface area contributed by atoms with Crippen molar-refractivity contribution in [3.05, 3.63) is 22.7 Å². The lowest BCUT2D eigenvalue weighted by Crippen LogP contribution is -3.00. The molecule has 0 radical (unpaired) electrons. The van der Waals surface area contributed by atoms with Gasteiger partial charge in [0, 0.05) is 11.1 Å². The minimum atomic E-state index is 0. The van der Waals surface area contributed by atoms with Gasteiger partial charge in [-0.1, -0.05) is 11.6 Å². The van der Waals surface area contributed by atoms with E-state index in [4.69, 9.17) is 11.6 Å². The van der Waals surface area contributed by atoms with E-state index in [1.54, 1.807) is 10.3 Å². The largest absolute Gasteiger partial charge is 1.00 e. The molecule has 2 rings (SSSR count). The Balaban J connectivity index is 0.000000720. The summed E-state index contributed by atoms with van der Waals surface area (Å²) in [7, 11) is 3.17. The van der Waals surface area contributed by atoms with Crippen LogP contribution in [-0.2, 0) is 0 Å². The van der Waals surface area contributed by atoms with Gasteiger partial charge in [-0.05, 0) is 18.6 Å². The molecule has 0 aliphatic carbocycles. The molecule has 0 fully saturated rings. The van der Waals surface area contributed by atoms with Crippen LogP contribution in [0.4, 0.5) is 0 Å². The van der Waals surface area contributed by atoms with Crippen molar-refractivity contribution < 1.29 is 12.4 Å². The summed E-state index contributed by atoms with van der Waals surface area (Å²) >= 11 is 5.86. The monoisotopic (exact) mass is 237 g/mol. The Morgan fingerprint density at radius 2 is 2.25 bits per heavy atom. The first-order valence-electron chi connectivity index (χ1n) is 3.12. The van der Waals surface area contributed by atoms with E-state index in [0.717, 1.165) is 16.1 Å². The smallest absolute Gasteiger partial charge is 0.323 e. The Morgan fingerprint density at radius 3 is 3.00 bits per heavy atom. The first-order chi connectivity index (χ1) is 5.27. The van der Waals surface area contributed by atoms with E-state index in [9.17, 15) is 0 Å². The predicted molar refractivity (Wildman–Crippen MR) is 51.7 cm³/mol. The van der Waals surface area contributed by atoms with Crippen molar-refractivity contribution in [2.45, 2.75) is 6.92 Å². The molecule has 1 aromatic heterocycles. The third kappa shape index (κ3) is 1.69. The van der Waals surface area contributed by atoms with Crippen molar-refractivity contribution >= 4 is 42.7 Å². The number of benzene rings is 1. The number of halogens is 2. The summed E-state index contributed by atoms with van der Waals surface area (Å²) < 4.78 is 5.44.